The fourth-order valence-corrected chi connectivity index (χ4v) is 2.75. The van der Waals surface area contributed by atoms with Gasteiger partial charge in [-0.25, -0.2) is 4.98 Å². The molecule has 1 fully saturated rings. The number of hydrogen-bond acceptors (Lipinski definition) is 3. The Morgan fingerprint density at radius 3 is 2.95 bits per heavy atom. The molecule has 3 N–H and O–H groups in total. The molecule has 0 atom stereocenters. The molecule has 2 rings (SSSR count). The number of nitrogens with zero attached hydrogens (tertiary/aromatic N) is 2. The van der Waals surface area contributed by atoms with Crippen LogP contribution >= 0.6 is 35.3 Å². The number of aromatic nitrogens is 1. The largest absolute Gasteiger partial charge is 0.370 e. The molecule has 1 heterocycles. The number of guanidine groups is 1. The van der Waals surface area contributed by atoms with Gasteiger partial charge in [0.25, 0.3) is 0 Å². The molecule has 0 saturated heterocycles. The van der Waals surface area contributed by atoms with E-state index in [2.05, 4.69) is 20.7 Å². The minimum atomic E-state index is 0. The fourth-order valence-electron chi connectivity index (χ4n) is 1.93. The normalized spacial score (nSPS) is 15.7. The second-order valence-corrected chi connectivity index (χ2v) is 5.88. The standard InChI is InChI=1S/C13H22N4S.HI/c1-10-9-18-12(17-10)6-3-7-15-13(14)16-8-11-4-2-5-11;/h9,11H,2-8H2,1H3,(H3,14,15,16);1H. The molecule has 1 aromatic rings. The molecule has 1 aromatic heterocycles. The molecule has 0 amide bonds. The maximum Gasteiger partial charge on any atom is 0.188 e. The monoisotopic (exact) mass is 394 g/mol. The average Bonchev–Trinajstić information content (AvgIpc) is 2.68. The Kier molecular flexibility index (Phi) is 7.67. The highest BCUT2D eigenvalue weighted by atomic mass is 127. The molecule has 19 heavy (non-hydrogen) atoms. The van der Waals surface area contributed by atoms with Gasteiger partial charge in [0.2, 0.25) is 0 Å². The smallest absolute Gasteiger partial charge is 0.188 e. The average molecular weight is 394 g/mol. The third-order valence-corrected chi connectivity index (χ3v) is 4.31. The Hall–Kier alpha value is -0.370. The van der Waals surface area contributed by atoms with Crippen LogP contribution in [0.4, 0.5) is 0 Å². The topological polar surface area (TPSA) is 63.3 Å². The molecule has 0 spiro atoms. The van der Waals surface area contributed by atoms with Crippen LogP contribution in [0.2, 0.25) is 0 Å². The predicted octanol–water partition coefficient (Wildman–Crippen LogP) is 2.71. The summed E-state index contributed by atoms with van der Waals surface area (Å²) in [6.45, 7) is 3.80. The van der Waals surface area contributed by atoms with Gasteiger partial charge in [-0.1, -0.05) is 6.42 Å². The van der Waals surface area contributed by atoms with Crippen molar-refractivity contribution in [2.24, 2.45) is 16.6 Å². The Labute approximate surface area is 136 Å². The number of rotatable bonds is 6. The Morgan fingerprint density at radius 2 is 2.37 bits per heavy atom. The van der Waals surface area contributed by atoms with E-state index >= 15 is 0 Å². The minimum Gasteiger partial charge on any atom is -0.370 e. The van der Waals surface area contributed by atoms with Crippen LogP contribution in [0.15, 0.2) is 10.4 Å². The summed E-state index contributed by atoms with van der Waals surface area (Å²) in [6.07, 6.45) is 6.06. The molecule has 4 nitrogen and oxygen atoms in total. The van der Waals surface area contributed by atoms with Crippen LogP contribution in [0.5, 0.6) is 0 Å². The molecule has 1 aliphatic rings. The number of aryl methyl sites for hydroxylation is 2. The third kappa shape index (κ3) is 6.07. The molecule has 108 valence electrons. The summed E-state index contributed by atoms with van der Waals surface area (Å²) in [4.78, 5) is 8.80. The van der Waals surface area contributed by atoms with Crippen LogP contribution in [0.1, 0.15) is 36.4 Å². The molecule has 0 radical (unpaired) electrons. The number of nitrogens with one attached hydrogen (secondary N) is 1. The molecule has 0 bridgehead atoms. The van der Waals surface area contributed by atoms with Gasteiger partial charge < -0.3 is 11.1 Å². The lowest BCUT2D eigenvalue weighted by molar-refractivity contribution is 0.326. The summed E-state index contributed by atoms with van der Waals surface area (Å²) in [5.74, 6) is 1.38. The molecule has 1 saturated carbocycles. The summed E-state index contributed by atoms with van der Waals surface area (Å²) >= 11 is 1.73. The lowest BCUT2D eigenvalue weighted by atomic mass is 9.86. The van der Waals surface area contributed by atoms with E-state index in [-0.39, 0.29) is 24.0 Å². The first-order valence-electron chi connectivity index (χ1n) is 6.69. The Bertz CT molecular complexity index is 401. The van der Waals surface area contributed by atoms with Crippen molar-refractivity contribution < 1.29 is 0 Å². The quantitative estimate of drug-likeness (QED) is 0.338. The van der Waals surface area contributed by atoms with E-state index in [0.29, 0.717) is 5.96 Å². The zero-order valence-electron chi connectivity index (χ0n) is 11.4. The summed E-state index contributed by atoms with van der Waals surface area (Å²) in [5, 5.41) is 6.47. The predicted molar refractivity (Wildman–Crippen MR) is 92.4 cm³/mol. The number of hydrogen-bond donors (Lipinski definition) is 2. The fraction of sp³-hybridized carbons (Fsp3) is 0.692. The maximum atomic E-state index is 5.81. The Balaban J connectivity index is 0.00000180. The summed E-state index contributed by atoms with van der Waals surface area (Å²) < 4.78 is 0. The first-order valence-corrected chi connectivity index (χ1v) is 7.57. The molecule has 0 aromatic carbocycles. The molecular weight excluding hydrogens is 371 g/mol. The van der Waals surface area contributed by atoms with Gasteiger partial charge in [0.1, 0.15) is 0 Å². The lowest BCUT2D eigenvalue weighted by Gasteiger charge is -2.23. The van der Waals surface area contributed by atoms with Crippen LogP contribution in [-0.2, 0) is 6.42 Å². The van der Waals surface area contributed by atoms with Crippen molar-refractivity contribution in [3.8, 4) is 0 Å². The van der Waals surface area contributed by atoms with Crippen molar-refractivity contribution in [2.75, 3.05) is 13.1 Å². The second-order valence-electron chi connectivity index (χ2n) is 4.94. The van der Waals surface area contributed by atoms with Crippen molar-refractivity contribution in [1.29, 1.82) is 0 Å². The van der Waals surface area contributed by atoms with Gasteiger partial charge in [0, 0.05) is 30.6 Å². The van der Waals surface area contributed by atoms with Crippen molar-refractivity contribution >= 4 is 41.3 Å². The van der Waals surface area contributed by atoms with E-state index in [1.165, 1.54) is 24.3 Å². The van der Waals surface area contributed by atoms with E-state index < -0.39 is 0 Å². The first kappa shape index (κ1) is 16.7. The third-order valence-electron chi connectivity index (χ3n) is 3.28. The molecule has 0 aliphatic heterocycles. The van der Waals surface area contributed by atoms with Gasteiger partial charge in [-0.3, -0.25) is 4.99 Å². The second kappa shape index (κ2) is 8.73. The molecule has 6 heteroatoms. The lowest BCUT2D eigenvalue weighted by Crippen LogP contribution is -2.33. The highest BCUT2D eigenvalue weighted by Gasteiger charge is 2.16. The summed E-state index contributed by atoms with van der Waals surface area (Å²) in [7, 11) is 0. The first-order chi connectivity index (χ1) is 8.74. The van der Waals surface area contributed by atoms with Crippen molar-refractivity contribution in [3.05, 3.63) is 16.1 Å². The van der Waals surface area contributed by atoms with E-state index in [1.807, 2.05) is 6.92 Å². The van der Waals surface area contributed by atoms with Crippen LogP contribution in [0, 0.1) is 12.8 Å². The van der Waals surface area contributed by atoms with Gasteiger partial charge in [0.15, 0.2) is 5.96 Å². The maximum absolute atomic E-state index is 5.81. The van der Waals surface area contributed by atoms with Crippen LogP contribution in [-0.4, -0.2) is 24.0 Å². The van der Waals surface area contributed by atoms with Crippen molar-refractivity contribution in [2.45, 2.75) is 39.0 Å². The number of aliphatic imine (C=N–C) groups is 1. The summed E-state index contributed by atoms with van der Waals surface area (Å²) in [5.41, 5.74) is 6.93. The van der Waals surface area contributed by atoms with E-state index in [0.717, 1.165) is 37.5 Å². The summed E-state index contributed by atoms with van der Waals surface area (Å²) in [6, 6.07) is 0. The van der Waals surface area contributed by atoms with Crippen molar-refractivity contribution in [1.82, 2.24) is 10.3 Å². The number of halogens is 1. The van der Waals surface area contributed by atoms with Gasteiger partial charge in [-0.15, -0.1) is 35.3 Å². The van der Waals surface area contributed by atoms with Crippen LogP contribution < -0.4 is 11.1 Å². The van der Waals surface area contributed by atoms with E-state index in [4.69, 9.17) is 5.73 Å². The molecule has 0 unspecified atom stereocenters. The number of nitrogens with two attached hydrogens (primary N) is 1. The van der Waals surface area contributed by atoms with E-state index in [1.54, 1.807) is 11.3 Å². The molecular formula is C13H23IN4S. The van der Waals surface area contributed by atoms with Gasteiger partial charge in [-0.2, -0.15) is 0 Å². The van der Waals surface area contributed by atoms with Crippen LogP contribution in [0.25, 0.3) is 0 Å². The molecule has 1 aliphatic carbocycles. The SMILES string of the molecule is Cc1csc(CCCNC(N)=NCC2CCC2)n1.I. The van der Waals surface area contributed by atoms with E-state index in [9.17, 15) is 0 Å². The van der Waals surface area contributed by atoms with Gasteiger partial charge in [0.05, 0.1) is 5.01 Å². The zero-order valence-corrected chi connectivity index (χ0v) is 14.5. The van der Waals surface area contributed by atoms with Crippen molar-refractivity contribution in [3.63, 3.8) is 0 Å². The Morgan fingerprint density at radius 1 is 1.58 bits per heavy atom. The van der Waals surface area contributed by atoms with Gasteiger partial charge in [-0.05, 0) is 32.1 Å². The van der Waals surface area contributed by atoms with Gasteiger partial charge >= 0.3 is 0 Å². The highest BCUT2D eigenvalue weighted by Crippen LogP contribution is 2.26. The minimum absolute atomic E-state index is 0. The zero-order chi connectivity index (χ0) is 12.8. The van der Waals surface area contributed by atoms with Crippen LogP contribution in [0.3, 0.4) is 0 Å². The number of thiazole rings is 1. The highest BCUT2D eigenvalue weighted by molar-refractivity contribution is 14.0.